The van der Waals surface area contributed by atoms with Gasteiger partial charge in [0.15, 0.2) is 6.17 Å². The molecule has 16 heavy (non-hydrogen) atoms. The Bertz CT molecular complexity index is 296. The van der Waals surface area contributed by atoms with Crippen molar-refractivity contribution in [3.8, 4) is 0 Å². The number of carboxylic acids is 1. The number of amides is 1. The maximum atomic E-state index is 13.2. The van der Waals surface area contributed by atoms with Crippen LogP contribution in [-0.4, -0.2) is 41.1 Å². The molecule has 2 rings (SSSR count). The number of rotatable bonds is 3. The average Bonchev–Trinajstić information content (AvgIpc) is 3.11. The van der Waals surface area contributed by atoms with Gasteiger partial charge >= 0.3 is 5.97 Å². The average molecular weight is 229 g/mol. The number of likely N-dealkylation sites (tertiary alicyclic amines) is 1. The molecule has 0 aromatic rings. The molecule has 0 aromatic heterocycles. The summed E-state index contributed by atoms with van der Waals surface area (Å²) in [6.45, 7) is 1.02. The maximum Gasteiger partial charge on any atom is 0.338 e. The Balaban J connectivity index is 1.81. The Morgan fingerprint density at radius 3 is 2.19 bits per heavy atom. The molecular weight excluding hydrogens is 213 g/mol. The first-order chi connectivity index (χ1) is 7.59. The molecule has 90 valence electrons. The summed E-state index contributed by atoms with van der Waals surface area (Å²) in [5.74, 6) is -1.45. The molecular formula is C11H16FNO3. The van der Waals surface area contributed by atoms with Gasteiger partial charge in [-0.25, -0.2) is 9.18 Å². The van der Waals surface area contributed by atoms with Gasteiger partial charge in [0.2, 0.25) is 5.91 Å². The number of carbonyl (C=O) groups excluding carboxylic acids is 1. The highest BCUT2D eigenvalue weighted by Gasteiger charge is 2.37. The van der Waals surface area contributed by atoms with E-state index in [4.69, 9.17) is 5.11 Å². The van der Waals surface area contributed by atoms with E-state index in [0.29, 0.717) is 25.9 Å². The lowest BCUT2D eigenvalue weighted by Gasteiger charge is -2.32. The molecule has 1 amide bonds. The van der Waals surface area contributed by atoms with Crippen LogP contribution in [0.5, 0.6) is 0 Å². The fourth-order valence-corrected chi connectivity index (χ4v) is 2.20. The van der Waals surface area contributed by atoms with Crippen molar-refractivity contribution in [2.24, 2.45) is 11.8 Å². The van der Waals surface area contributed by atoms with Gasteiger partial charge in [-0.3, -0.25) is 4.79 Å². The molecule has 1 unspecified atom stereocenters. The lowest BCUT2D eigenvalue weighted by Crippen LogP contribution is -2.42. The van der Waals surface area contributed by atoms with Gasteiger partial charge in [-0.1, -0.05) is 0 Å². The SMILES string of the molecule is O=C(O)C(F)C1CCN(C(=O)C2CC2)CC1. The summed E-state index contributed by atoms with van der Waals surface area (Å²) in [6.07, 6.45) is 1.09. The fourth-order valence-electron chi connectivity index (χ4n) is 2.20. The van der Waals surface area contributed by atoms with Crippen LogP contribution in [0.4, 0.5) is 4.39 Å². The first-order valence-electron chi connectivity index (χ1n) is 5.75. The van der Waals surface area contributed by atoms with Crippen LogP contribution >= 0.6 is 0 Å². The van der Waals surface area contributed by atoms with Gasteiger partial charge in [-0.05, 0) is 25.7 Å². The second kappa shape index (κ2) is 4.39. The lowest BCUT2D eigenvalue weighted by atomic mass is 9.92. The Labute approximate surface area is 93.4 Å². The molecule has 2 fully saturated rings. The third-order valence-corrected chi connectivity index (χ3v) is 3.43. The zero-order chi connectivity index (χ0) is 11.7. The number of hydrogen-bond acceptors (Lipinski definition) is 2. The van der Waals surface area contributed by atoms with Crippen LogP contribution in [0.3, 0.4) is 0 Å². The number of carboxylic acid groups (broad SMARTS) is 1. The minimum atomic E-state index is -1.78. The van der Waals surface area contributed by atoms with E-state index in [1.165, 1.54) is 0 Å². The summed E-state index contributed by atoms with van der Waals surface area (Å²) < 4.78 is 13.2. The van der Waals surface area contributed by atoms with Crippen LogP contribution in [0, 0.1) is 11.8 Å². The molecule has 1 saturated heterocycles. The summed E-state index contributed by atoms with van der Waals surface area (Å²) in [7, 11) is 0. The highest BCUT2D eigenvalue weighted by atomic mass is 19.1. The Hall–Kier alpha value is -1.13. The summed E-state index contributed by atoms with van der Waals surface area (Å²) in [5.41, 5.74) is 0. The standard InChI is InChI=1S/C11H16FNO3/c12-9(11(15)16)7-3-5-13(6-4-7)10(14)8-1-2-8/h7-9H,1-6H2,(H,15,16). The first-order valence-corrected chi connectivity index (χ1v) is 5.75. The molecule has 0 bridgehead atoms. The van der Waals surface area contributed by atoms with Gasteiger partial charge in [0, 0.05) is 24.9 Å². The molecule has 0 aromatic carbocycles. The van der Waals surface area contributed by atoms with Gasteiger partial charge in [-0.2, -0.15) is 0 Å². The first kappa shape index (κ1) is 11.4. The second-order valence-corrected chi connectivity index (χ2v) is 4.68. The second-order valence-electron chi connectivity index (χ2n) is 4.68. The monoisotopic (exact) mass is 229 g/mol. The van der Waals surface area contributed by atoms with Crippen LogP contribution in [0.2, 0.25) is 0 Å². The van der Waals surface area contributed by atoms with Crippen molar-refractivity contribution < 1.29 is 19.1 Å². The number of alkyl halides is 1. The van der Waals surface area contributed by atoms with Crippen molar-refractivity contribution >= 4 is 11.9 Å². The van der Waals surface area contributed by atoms with Crippen molar-refractivity contribution in [2.45, 2.75) is 31.9 Å². The number of aliphatic carboxylic acids is 1. The normalized spacial score (nSPS) is 24.2. The number of nitrogens with zero attached hydrogens (tertiary/aromatic N) is 1. The summed E-state index contributed by atoms with van der Waals surface area (Å²) in [5, 5.41) is 8.55. The molecule has 1 atom stereocenters. The number of carbonyl (C=O) groups is 2. The van der Waals surface area contributed by atoms with Crippen molar-refractivity contribution in [3.05, 3.63) is 0 Å². The van der Waals surface area contributed by atoms with Crippen molar-refractivity contribution in [3.63, 3.8) is 0 Å². The van der Waals surface area contributed by atoms with Crippen LogP contribution < -0.4 is 0 Å². The third kappa shape index (κ3) is 2.33. The van der Waals surface area contributed by atoms with Gasteiger partial charge in [-0.15, -0.1) is 0 Å². The number of hydrogen-bond donors (Lipinski definition) is 1. The van der Waals surface area contributed by atoms with E-state index in [1.54, 1.807) is 4.90 Å². The minimum Gasteiger partial charge on any atom is -0.479 e. The van der Waals surface area contributed by atoms with E-state index < -0.39 is 18.1 Å². The molecule has 0 spiro atoms. The Kier molecular flexibility index (Phi) is 3.12. The Morgan fingerprint density at radius 1 is 1.19 bits per heavy atom. The highest BCUT2D eigenvalue weighted by molar-refractivity contribution is 5.81. The largest absolute Gasteiger partial charge is 0.479 e. The third-order valence-electron chi connectivity index (χ3n) is 3.43. The van der Waals surface area contributed by atoms with E-state index >= 15 is 0 Å². The molecule has 1 saturated carbocycles. The lowest BCUT2D eigenvalue weighted by molar-refractivity contribution is -0.146. The maximum absolute atomic E-state index is 13.2. The molecule has 2 aliphatic rings. The molecule has 1 aliphatic heterocycles. The van der Waals surface area contributed by atoms with Crippen LogP contribution in [0.25, 0.3) is 0 Å². The molecule has 4 nitrogen and oxygen atoms in total. The van der Waals surface area contributed by atoms with Crippen LogP contribution in [0.1, 0.15) is 25.7 Å². The predicted octanol–water partition coefficient (Wildman–Crippen LogP) is 1.06. The molecule has 1 heterocycles. The zero-order valence-electron chi connectivity index (χ0n) is 9.06. The van der Waals surface area contributed by atoms with Crippen molar-refractivity contribution in [1.82, 2.24) is 4.90 Å². The zero-order valence-corrected chi connectivity index (χ0v) is 9.06. The molecule has 0 radical (unpaired) electrons. The van der Waals surface area contributed by atoms with E-state index in [1.807, 2.05) is 0 Å². The van der Waals surface area contributed by atoms with Crippen LogP contribution in [0.15, 0.2) is 0 Å². The van der Waals surface area contributed by atoms with Gasteiger partial charge in [0.1, 0.15) is 0 Å². The summed E-state index contributed by atoms with van der Waals surface area (Å²) >= 11 is 0. The predicted molar refractivity (Wildman–Crippen MR) is 54.6 cm³/mol. The topological polar surface area (TPSA) is 57.6 Å². The highest BCUT2D eigenvalue weighted by Crippen LogP contribution is 2.33. The smallest absolute Gasteiger partial charge is 0.338 e. The molecule has 5 heteroatoms. The summed E-state index contributed by atoms with van der Waals surface area (Å²) in [6, 6.07) is 0. The van der Waals surface area contributed by atoms with E-state index in [0.717, 1.165) is 12.8 Å². The van der Waals surface area contributed by atoms with Crippen molar-refractivity contribution in [1.29, 1.82) is 0 Å². The summed E-state index contributed by atoms with van der Waals surface area (Å²) in [4.78, 5) is 23.9. The van der Waals surface area contributed by atoms with Gasteiger partial charge in [0.05, 0.1) is 0 Å². The Morgan fingerprint density at radius 2 is 1.75 bits per heavy atom. The van der Waals surface area contributed by atoms with E-state index in [9.17, 15) is 14.0 Å². The minimum absolute atomic E-state index is 0.171. The van der Waals surface area contributed by atoms with Crippen LogP contribution in [-0.2, 0) is 9.59 Å². The van der Waals surface area contributed by atoms with Gasteiger partial charge < -0.3 is 10.0 Å². The number of halogens is 1. The molecule has 1 N–H and O–H groups in total. The quantitative estimate of drug-likeness (QED) is 0.787. The van der Waals surface area contributed by atoms with Gasteiger partial charge in [0.25, 0.3) is 0 Å². The number of piperidine rings is 1. The van der Waals surface area contributed by atoms with E-state index in [2.05, 4.69) is 0 Å². The molecule has 1 aliphatic carbocycles. The van der Waals surface area contributed by atoms with E-state index in [-0.39, 0.29) is 11.8 Å². The van der Waals surface area contributed by atoms with Crippen molar-refractivity contribution in [2.75, 3.05) is 13.1 Å². The fraction of sp³-hybridized carbons (Fsp3) is 0.818.